The van der Waals surface area contributed by atoms with Gasteiger partial charge in [-0.3, -0.25) is 9.59 Å². The molecule has 2 aliphatic heterocycles. The average Bonchev–Trinajstić information content (AvgIpc) is 2.75. The molecule has 0 aromatic rings. The number of fused-ring (bicyclic) bond motifs is 1. The van der Waals surface area contributed by atoms with Gasteiger partial charge in [-0.05, 0) is 25.2 Å². The maximum absolute atomic E-state index is 11.3. The fourth-order valence-corrected chi connectivity index (χ4v) is 3.20. The molecule has 1 aliphatic carbocycles. The summed E-state index contributed by atoms with van der Waals surface area (Å²) in [6.07, 6.45) is 6.06. The van der Waals surface area contributed by atoms with Crippen LogP contribution < -0.4 is 5.32 Å². The van der Waals surface area contributed by atoms with Gasteiger partial charge in [0.2, 0.25) is 5.91 Å². The van der Waals surface area contributed by atoms with Crippen molar-refractivity contribution < 1.29 is 9.59 Å². The van der Waals surface area contributed by atoms with E-state index in [0.29, 0.717) is 24.8 Å². The monoisotopic (exact) mass is 234 g/mol. The number of rotatable bonds is 1. The first-order chi connectivity index (χ1) is 8.22. The number of ketones is 1. The van der Waals surface area contributed by atoms with Gasteiger partial charge in [-0.25, -0.2) is 0 Å². The van der Waals surface area contributed by atoms with Crippen molar-refractivity contribution >= 4 is 11.7 Å². The van der Waals surface area contributed by atoms with Crippen molar-refractivity contribution in [3.05, 3.63) is 11.8 Å². The second-order valence-corrected chi connectivity index (χ2v) is 5.31. The number of hydrogen-bond acceptors (Lipinski definition) is 3. The molecule has 2 heterocycles. The molecule has 4 heteroatoms. The third kappa shape index (κ3) is 2.08. The summed E-state index contributed by atoms with van der Waals surface area (Å²) in [5.41, 5.74) is 1.21. The van der Waals surface area contributed by atoms with Crippen LogP contribution in [0.3, 0.4) is 0 Å². The first-order valence-electron chi connectivity index (χ1n) is 6.50. The van der Waals surface area contributed by atoms with E-state index in [1.165, 1.54) is 5.70 Å². The second kappa shape index (κ2) is 4.17. The number of likely N-dealkylation sites (tertiary alicyclic amines) is 1. The molecule has 0 saturated carbocycles. The van der Waals surface area contributed by atoms with Crippen LogP contribution in [0.4, 0.5) is 0 Å². The molecule has 1 N–H and O–H groups in total. The van der Waals surface area contributed by atoms with E-state index in [-0.39, 0.29) is 11.7 Å². The zero-order valence-corrected chi connectivity index (χ0v) is 9.95. The van der Waals surface area contributed by atoms with E-state index in [1.807, 2.05) is 6.08 Å². The number of nitrogens with one attached hydrogen (secondary N) is 1. The van der Waals surface area contributed by atoms with Gasteiger partial charge in [0.05, 0.1) is 0 Å². The van der Waals surface area contributed by atoms with Crippen LogP contribution in [0.25, 0.3) is 0 Å². The Kier molecular flexibility index (Phi) is 2.65. The number of nitrogens with zero attached hydrogens (tertiary/aromatic N) is 1. The molecule has 0 bridgehead atoms. The number of allylic oxidation sites excluding steroid dienone is 2. The van der Waals surface area contributed by atoms with Gasteiger partial charge in [-0.2, -0.15) is 0 Å². The van der Waals surface area contributed by atoms with Crippen molar-refractivity contribution in [3.63, 3.8) is 0 Å². The molecule has 0 aromatic carbocycles. The van der Waals surface area contributed by atoms with Gasteiger partial charge < -0.3 is 10.2 Å². The minimum absolute atomic E-state index is 0.204. The first-order valence-corrected chi connectivity index (χ1v) is 6.50. The van der Waals surface area contributed by atoms with E-state index in [9.17, 15) is 9.59 Å². The second-order valence-electron chi connectivity index (χ2n) is 5.31. The number of carbonyl (C=O) groups is 2. The Labute approximate surface area is 101 Å². The van der Waals surface area contributed by atoms with Gasteiger partial charge in [0.25, 0.3) is 0 Å². The van der Waals surface area contributed by atoms with E-state index >= 15 is 0 Å². The van der Waals surface area contributed by atoms with E-state index in [0.717, 1.165) is 32.4 Å². The van der Waals surface area contributed by atoms with Crippen LogP contribution >= 0.6 is 0 Å². The highest BCUT2D eigenvalue weighted by molar-refractivity contribution is 5.92. The molecule has 0 radical (unpaired) electrons. The van der Waals surface area contributed by atoms with Crippen molar-refractivity contribution in [3.8, 4) is 0 Å². The molecule has 1 amide bonds. The van der Waals surface area contributed by atoms with Crippen molar-refractivity contribution in [1.29, 1.82) is 0 Å². The van der Waals surface area contributed by atoms with Gasteiger partial charge in [0.1, 0.15) is 0 Å². The lowest BCUT2D eigenvalue weighted by molar-refractivity contribution is -0.125. The smallest absolute Gasteiger partial charge is 0.220 e. The van der Waals surface area contributed by atoms with E-state index in [1.54, 1.807) is 0 Å². The van der Waals surface area contributed by atoms with Crippen LogP contribution in [0.5, 0.6) is 0 Å². The summed E-state index contributed by atoms with van der Waals surface area (Å²) in [7, 11) is 0. The molecule has 17 heavy (non-hydrogen) atoms. The fourth-order valence-electron chi connectivity index (χ4n) is 3.20. The number of carbonyl (C=O) groups excluding carboxylic acids is 2. The van der Waals surface area contributed by atoms with Gasteiger partial charge >= 0.3 is 0 Å². The average molecular weight is 234 g/mol. The van der Waals surface area contributed by atoms with Crippen LogP contribution in [-0.2, 0) is 9.59 Å². The van der Waals surface area contributed by atoms with Crippen LogP contribution in [0.2, 0.25) is 0 Å². The Morgan fingerprint density at radius 3 is 2.82 bits per heavy atom. The van der Waals surface area contributed by atoms with Gasteiger partial charge in [0.15, 0.2) is 5.78 Å². The predicted octanol–water partition coefficient (Wildman–Crippen LogP) is 0.834. The molecule has 2 atom stereocenters. The summed E-state index contributed by atoms with van der Waals surface area (Å²) in [5, 5.41) is 3.09. The molecule has 0 aromatic heterocycles. The first kappa shape index (κ1) is 10.8. The summed E-state index contributed by atoms with van der Waals surface area (Å²) in [6, 6.07) is 0.366. The van der Waals surface area contributed by atoms with Crippen molar-refractivity contribution in [2.45, 2.75) is 38.1 Å². The van der Waals surface area contributed by atoms with E-state index in [4.69, 9.17) is 0 Å². The number of hydrogen-bond donors (Lipinski definition) is 1. The lowest BCUT2D eigenvalue weighted by Crippen LogP contribution is -2.53. The molecule has 0 spiro atoms. The minimum atomic E-state index is 0.204. The summed E-state index contributed by atoms with van der Waals surface area (Å²) in [6.45, 7) is 1.98. The van der Waals surface area contributed by atoms with E-state index in [2.05, 4.69) is 10.2 Å². The molecular weight excluding hydrogens is 216 g/mol. The third-order valence-electron chi connectivity index (χ3n) is 4.18. The van der Waals surface area contributed by atoms with Gasteiger partial charge in [-0.15, -0.1) is 0 Å². The summed E-state index contributed by atoms with van der Waals surface area (Å²) >= 11 is 0. The minimum Gasteiger partial charge on any atom is -0.374 e. The highest BCUT2D eigenvalue weighted by Gasteiger charge is 2.34. The Morgan fingerprint density at radius 1 is 1.18 bits per heavy atom. The lowest BCUT2D eigenvalue weighted by Gasteiger charge is -2.42. The number of piperidine rings is 2. The zero-order chi connectivity index (χ0) is 11.8. The van der Waals surface area contributed by atoms with Gasteiger partial charge in [0, 0.05) is 43.7 Å². The highest BCUT2D eigenvalue weighted by Crippen LogP contribution is 2.30. The fraction of sp³-hybridized carbons (Fsp3) is 0.692. The lowest BCUT2D eigenvalue weighted by atomic mass is 9.85. The summed E-state index contributed by atoms with van der Waals surface area (Å²) in [4.78, 5) is 24.9. The van der Waals surface area contributed by atoms with Gasteiger partial charge in [-0.1, -0.05) is 0 Å². The van der Waals surface area contributed by atoms with Crippen LogP contribution in [0.1, 0.15) is 32.1 Å². The maximum Gasteiger partial charge on any atom is 0.220 e. The van der Waals surface area contributed by atoms with Crippen molar-refractivity contribution in [1.82, 2.24) is 10.2 Å². The van der Waals surface area contributed by atoms with Crippen LogP contribution in [-0.4, -0.2) is 35.7 Å². The predicted molar refractivity (Wildman–Crippen MR) is 63.2 cm³/mol. The van der Waals surface area contributed by atoms with Crippen molar-refractivity contribution in [2.75, 3.05) is 13.1 Å². The van der Waals surface area contributed by atoms with Crippen LogP contribution in [0, 0.1) is 5.92 Å². The summed E-state index contributed by atoms with van der Waals surface area (Å²) < 4.78 is 0. The van der Waals surface area contributed by atoms with E-state index < -0.39 is 0 Å². The van der Waals surface area contributed by atoms with Crippen LogP contribution in [0.15, 0.2) is 11.8 Å². The Balaban J connectivity index is 1.66. The Hall–Kier alpha value is -1.32. The molecule has 92 valence electrons. The zero-order valence-electron chi connectivity index (χ0n) is 9.95. The Bertz CT molecular complexity index is 389. The molecule has 3 rings (SSSR count). The molecular formula is C13H18N2O2. The third-order valence-corrected chi connectivity index (χ3v) is 4.18. The maximum atomic E-state index is 11.3. The number of amides is 1. The molecule has 2 saturated heterocycles. The molecule has 2 fully saturated rings. The molecule has 3 aliphatic rings. The standard InChI is InChI=1S/C13H18N2O2/c16-11-3-2-10(7-11)15-6-5-12-9(8-15)1-4-13(17)14-12/h7,9,12H,1-6,8H2,(H,14,17). The topological polar surface area (TPSA) is 49.4 Å². The van der Waals surface area contributed by atoms with Crippen molar-refractivity contribution in [2.24, 2.45) is 5.92 Å². The molecule has 2 unspecified atom stereocenters. The quantitative estimate of drug-likeness (QED) is 0.731. The normalized spacial score (nSPS) is 33.2. The summed E-state index contributed by atoms with van der Waals surface area (Å²) in [5.74, 6) is 1.03. The highest BCUT2D eigenvalue weighted by atomic mass is 16.1. The SMILES string of the molecule is O=C1C=C(N2CCC3NC(=O)CCC3C2)CC1. The Morgan fingerprint density at radius 2 is 2.06 bits per heavy atom. The molecule has 4 nitrogen and oxygen atoms in total. The largest absolute Gasteiger partial charge is 0.374 e.